The normalized spacial score (nSPS) is 10.2. The molecule has 0 unspecified atom stereocenters. The Hall–Kier alpha value is -2.07. The predicted molar refractivity (Wildman–Crippen MR) is 74.8 cm³/mol. The van der Waals surface area contributed by atoms with Crippen molar-refractivity contribution in [2.75, 3.05) is 11.9 Å². The van der Waals surface area contributed by atoms with Gasteiger partial charge in [-0.25, -0.2) is 4.79 Å². The molecule has 5 heteroatoms. The van der Waals surface area contributed by atoms with Gasteiger partial charge in [-0.1, -0.05) is 17.7 Å². The number of carbonyl (C=O) groups is 1. The second kappa shape index (κ2) is 5.71. The third-order valence-electron chi connectivity index (χ3n) is 2.77. The molecule has 0 radical (unpaired) electrons. The van der Waals surface area contributed by atoms with Crippen molar-refractivity contribution < 1.29 is 9.90 Å². The van der Waals surface area contributed by atoms with Crippen LogP contribution in [0.15, 0.2) is 42.7 Å². The van der Waals surface area contributed by atoms with E-state index >= 15 is 0 Å². The van der Waals surface area contributed by atoms with Crippen LogP contribution in [0.4, 0.5) is 5.69 Å². The van der Waals surface area contributed by atoms with E-state index in [2.05, 4.69) is 4.98 Å². The Morgan fingerprint density at radius 1 is 1.32 bits per heavy atom. The Balaban J connectivity index is 2.33. The van der Waals surface area contributed by atoms with E-state index < -0.39 is 5.97 Å². The number of nitrogens with zero attached hydrogens (tertiary/aromatic N) is 2. The molecule has 0 saturated carbocycles. The van der Waals surface area contributed by atoms with Crippen LogP contribution in [0.1, 0.15) is 15.9 Å². The van der Waals surface area contributed by atoms with E-state index in [0.717, 1.165) is 5.56 Å². The first-order valence-corrected chi connectivity index (χ1v) is 6.09. The standard InChI is InChI=1S/C14H13ClN2O2/c1-17(9-10-5-7-16-8-6-10)13-11(14(18)19)3-2-4-12(13)15/h2-8H,9H2,1H3,(H,18,19). The Labute approximate surface area is 116 Å². The van der Waals surface area contributed by atoms with Crippen molar-refractivity contribution in [3.63, 3.8) is 0 Å². The first kappa shape index (κ1) is 13.4. The number of para-hydroxylation sites is 1. The van der Waals surface area contributed by atoms with Gasteiger partial charge in [0.05, 0.1) is 16.3 Å². The summed E-state index contributed by atoms with van der Waals surface area (Å²) in [5.74, 6) is -0.987. The Morgan fingerprint density at radius 3 is 2.63 bits per heavy atom. The average Bonchev–Trinajstić information content (AvgIpc) is 2.39. The highest BCUT2D eigenvalue weighted by atomic mass is 35.5. The van der Waals surface area contributed by atoms with Gasteiger partial charge in [0, 0.05) is 26.0 Å². The Bertz CT molecular complexity index is 587. The molecule has 19 heavy (non-hydrogen) atoms. The van der Waals surface area contributed by atoms with Crippen LogP contribution >= 0.6 is 11.6 Å². The maximum absolute atomic E-state index is 11.2. The van der Waals surface area contributed by atoms with Crippen LogP contribution in [0.2, 0.25) is 5.02 Å². The van der Waals surface area contributed by atoms with Crippen LogP contribution in [-0.2, 0) is 6.54 Å². The lowest BCUT2D eigenvalue weighted by molar-refractivity contribution is 0.0697. The van der Waals surface area contributed by atoms with Gasteiger partial charge in [0.15, 0.2) is 0 Å². The smallest absolute Gasteiger partial charge is 0.337 e. The molecule has 2 aromatic rings. The van der Waals surface area contributed by atoms with Crippen molar-refractivity contribution in [3.8, 4) is 0 Å². The zero-order valence-corrected chi connectivity index (χ0v) is 11.1. The third kappa shape index (κ3) is 3.03. The number of benzene rings is 1. The molecule has 0 bridgehead atoms. The lowest BCUT2D eigenvalue weighted by Crippen LogP contribution is -2.19. The van der Waals surface area contributed by atoms with Crippen molar-refractivity contribution in [2.24, 2.45) is 0 Å². The molecule has 4 nitrogen and oxygen atoms in total. The van der Waals surface area contributed by atoms with Crippen LogP contribution in [0.3, 0.4) is 0 Å². The highest BCUT2D eigenvalue weighted by molar-refractivity contribution is 6.34. The van der Waals surface area contributed by atoms with Gasteiger partial charge in [-0.2, -0.15) is 0 Å². The van der Waals surface area contributed by atoms with E-state index in [-0.39, 0.29) is 5.56 Å². The minimum absolute atomic E-state index is 0.198. The number of carboxylic acid groups (broad SMARTS) is 1. The van der Waals surface area contributed by atoms with Gasteiger partial charge < -0.3 is 10.0 Å². The molecule has 0 aliphatic carbocycles. The predicted octanol–water partition coefficient (Wildman–Crippen LogP) is 3.07. The van der Waals surface area contributed by atoms with Crippen LogP contribution in [0.5, 0.6) is 0 Å². The van der Waals surface area contributed by atoms with Gasteiger partial charge in [-0.05, 0) is 29.8 Å². The minimum Gasteiger partial charge on any atom is -0.478 e. The lowest BCUT2D eigenvalue weighted by Gasteiger charge is -2.22. The maximum atomic E-state index is 11.2. The summed E-state index contributed by atoms with van der Waals surface area (Å²) in [4.78, 5) is 17.0. The monoisotopic (exact) mass is 276 g/mol. The first-order valence-electron chi connectivity index (χ1n) is 5.71. The summed E-state index contributed by atoms with van der Waals surface area (Å²) in [7, 11) is 1.81. The zero-order chi connectivity index (χ0) is 13.8. The molecular formula is C14H13ClN2O2. The van der Waals surface area contributed by atoms with Crippen LogP contribution in [0, 0.1) is 0 Å². The molecule has 0 spiro atoms. The number of pyridine rings is 1. The quantitative estimate of drug-likeness (QED) is 0.932. The number of rotatable bonds is 4. The van der Waals surface area contributed by atoms with Gasteiger partial charge in [0.25, 0.3) is 0 Å². The van der Waals surface area contributed by atoms with E-state index in [1.165, 1.54) is 0 Å². The molecule has 0 fully saturated rings. The molecule has 0 atom stereocenters. The largest absolute Gasteiger partial charge is 0.478 e. The summed E-state index contributed by atoms with van der Waals surface area (Å²) >= 11 is 6.12. The molecular weight excluding hydrogens is 264 g/mol. The molecule has 1 aromatic carbocycles. The summed E-state index contributed by atoms with van der Waals surface area (Å²) < 4.78 is 0. The minimum atomic E-state index is -0.987. The molecule has 0 amide bonds. The van der Waals surface area contributed by atoms with Gasteiger partial charge >= 0.3 is 5.97 Å². The SMILES string of the molecule is CN(Cc1ccncc1)c1c(Cl)cccc1C(=O)O. The highest BCUT2D eigenvalue weighted by Crippen LogP contribution is 2.30. The number of hydrogen-bond acceptors (Lipinski definition) is 3. The van der Waals surface area contributed by atoms with Gasteiger partial charge in [-0.3, -0.25) is 4.98 Å². The van der Waals surface area contributed by atoms with Crippen molar-refractivity contribution in [1.82, 2.24) is 4.98 Å². The number of anilines is 1. The second-order valence-corrected chi connectivity index (χ2v) is 4.56. The van der Waals surface area contributed by atoms with Gasteiger partial charge in [-0.15, -0.1) is 0 Å². The van der Waals surface area contributed by atoms with Crippen LogP contribution in [0.25, 0.3) is 0 Å². The Morgan fingerprint density at radius 2 is 2.00 bits per heavy atom. The fraction of sp³-hybridized carbons (Fsp3) is 0.143. The van der Waals surface area contributed by atoms with Crippen LogP contribution in [-0.4, -0.2) is 23.1 Å². The highest BCUT2D eigenvalue weighted by Gasteiger charge is 2.16. The lowest BCUT2D eigenvalue weighted by atomic mass is 10.1. The molecule has 1 heterocycles. The summed E-state index contributed by atoms with van der Waals surface area (Å²) in [6.07, 6.45) is 3.40. The summed E-state index contributed by atoms with van der Waals surface area (Å²) in [5, 5.41) is 9.64. The first-order chi connectivity index (χ1) is 9.09. The summed E-state index contributed by atoms with van der Waals surface area (Å²) in [5.41, 5.74) is 1.76. The topological polar surface area (TPSA) is 53.4 Å². The molecule has 1 N–H and O–H groups in total. The van der Waals surface area contributed by atoms with Crippen molar-refractivity contribution >= 4 is 23.3 Å². The molecule has 0 aliphatic heterocycles. The average molecular weight is 277 g/mol. The van der Waals surface area contributed by atoms with E-state index in [9.17, 15) is 9.90 Å². The molecule has 98 valence electrons. The molecule has 0 saturated heterocycles. The fourth-order valence-corrected chi connectivity index (χ4v) is 2.24. The third-order valence-corrected chi connectivity index (χ3v) is 3.07. The van der Waals surface area contributed by atoms with E-state index in [0.29, 0.717) is 17.3 Å². The van der Waals surface area contributed by atoms with Crippen molar-refractivity contribution in [1.29, 1.82) is 0 Å². The molecule has 1 aromatic heterocycles. The fourth-order valence-electron chi connectivity index (χ4n) is 1.92. The second-order valence-electron chi connectivity index (χ2n) is 4.15. The van der Waals surface area contributed by atoms with Gasteiger partial charge in [0.2, 0.25) is 0 Å². The zero-order valence-electron chi connectivity index (χ0n) is 10.4. The van der Waals surface area contributed by atoms with Crippen molar-refractivity contribution in [2.45, 2.75) is 6.54 Å². The number of hydrogen-bond donors (Lipinski definition) is 1. The van der Waals surface area contributed by atoms with E-state index in [1.54, 1.807) is 30.6 Å². The van der Waals surface area contributed by atoms with Crippen LogP contribution < -0.4 is 4.90 Å². The number of carboxylic acids is 1. The molecule has 0 aliphatic rings. The maximum Gasteiger partial charge on any atom is 0.337 e. The summed E-state index contributed by atoms with van der Waals surface area (Å²) in [6.45, 7) is 0.562. The number of aromatic nitrogens is 1. The number of aromatic carboxylic acids is 1. The van der Waals surface area contributed by atoms with E-state index in [4.69, 9.17) is 11.6 Å². The van der Waals surface area contributed by atoms with Gasteiger partial charge in [0.1, 0.15) is 0 Å². The van der Waals surface area contributed by atoms with Crippen molar-refractivity contribution in [3.05, 3.63) is 58.9 Å². The molecule has 2 rings (SSSR count). The number of halogens is 1. The Kier molecular flexibility index (Phi) is 4.02. The van der Waals surface area contributed by atoms with E-state index in [1.807, 2.05) is 24.1 Å². The summed E-state index contributed by atoms with van der Waals surface area (Å²) in [6, 6.07) is 8.64.